The number of fused-ring (bicyclic) bond motifs is 1. The number of ether oxygens (including phenoxy) is 1. The lowest BCUT2D eigenvalue weighted by atomic mass is 10.0. The second-order valence-electron chi connectivity index (χ2n) is 7.52. The highest BCUT2D eigenvalue weighted by atomic mass is 16.5. The lowest BCUT2D eigenvalue weighted by molar-refractivity contribution is -0.147. The summed E-state index contributed by atoms with van der Waals surface area (Å²) in [5.41, 5.74) is 1.58. The van der Waals surface area contributed by atoms with Crippen LogP contribution in [0.2, 0.25) is 0 Å². The zero-order chi connectivity index (χ0) is 21.1. The first-order valence-corrected chi connectivity index (χ1v) is 9.90. The third-order valence-electron chi connectivity index (χ3n) is 5.45. The van der Waals surface area contributed by atoms with E-state index in [1.165, 1.54) is 0 Å². The van der Waals surface area contributed by atoms with E-state index in [4.69, 9.17) is 4.74 Å². The van der Waals surface area contributed by atoms with Crippen molar-refractivity contribution in [1.29, 1.82) is 0 Å². The Morgan fingerprint density at radius 3 is 2.73 bits per heavy atom. The van der Waals surface area contributed by atoms with E-state index in [9.17, 15) is 14.4 Å². The topological polar surface area (TPSA) is 99.8 Å². The molecule has 0 unspecified atom stereocenters. The van der Waals surface area contributed by atoms with Crippen LogP contribution in [0.4, 0.5) is 10.5 Å². The Bertz CT molecular complexity index is 949. The molecule has 2 heterocycles. The van der Waals surface area contributed by atoms with Gasteiger partial charge in [0, 0.05) is 24.7 Å². The van der Waals surface area contributed by atoms with E-state index in [-0.39, 0.29) is 23.9 Å². The Morgan fingerprint density at radius 1 is 1.17 bits per heavy atom. The zero-order valence-corrected chi connectivity index (χ0v) is 16.6. The quantitative estimate of drug-likeness (QED) is 0.699. The maximum Gasteiger partial charge on any atom is 0.319 e. The number of rotatable bonds is 5. The summed E-state index contributed by atoms with van der Waals surface area (Å²) in [4.78, 5) is 39.4. The van der Waals surface area contributed by atoms with Crippen LogP contribution in [0.5, 0.6) is 5.75 Å². The first-order valence-electron chi connectivity index (χ1n) is 9.90. The molecule has 30 heavy (non-hydrogen) atoms. The molecule has 2 aromatic rings. The van der Waals surface area contributed by atoms with Crippen LogP contribution in [-0.4, -0.2) is 54.5 Å². The Balaban J connectivity index is 1.36. The van der Waals surface area contributed by atoms with E-state index < -0.39 is 12.1 Å². The Hall–Kier alpha value is -3.55. The number of piperazine rings is 1. The fourth-order valence-corrected chi connectivity index (χ4v) is 4.00. The van der Waals surface area contributed by atoms with Gasteiger partial charge in [0.2, 0.25) is 11.8 Å². The first kappa shape index (κ1) is 19.8. The highest BCUT2D eigenvalue weighted by Crippen LogP contribution is 2.24. The third-order valence-corrected chi connectivity index (χ3v) is 5.45. The van der Waals surface area contributed by atoms with Crippen LogP contribution in [0.25, 0.3) is 0 Å². The number of methoxy groups -OCH3 is 1. The zero-order valence-electron chi connectivity index (χ0n) is 16.6. The lowest BCUT2D eigenvalue weighted by Crippen LogP contribution is -2.61. The van der Waals surface area contributed by atoms with Gasteiger partial charge in [0.15, 0.2) is 0 Å². The molecule has 156 valence electrons. The molecule has 2 aromatic carbocycles. The number of carbonyl (C=O) groups is 3. The molecule has 0 aromatic heterocycles. The number of anilines is 1. The molecule has 2 fully saturated rings. The van der Waals surface area contributed by atoms with Gasteiger partial charge in [0.05, 0.1) is 13.2 Å². The Kier molecular flexibility index (Phi) is 5.56. The Morgan fingerprint density at radius 2 is 1.97 bits per heavy atom. The van der Waals surface area contributed by atoms with Gasteiger partial charge in [-0.3, -0.25) is 9.59 Å². The molecule has 3 atom stereocenters. The summed E-state index contributed by atoms with van der Waals surface area (Å²) >= 11 is 0. The van der Waals surface area contributed by atoms with Crippen molar-refractivity contribution in [3.8, 4) is 5.75 Å². The minimum absolute atomic E-state index is 0.110. The normalized spacial score (nSPS) is 22.8. The van der Waals surface area contributed by atoms with Crippen molar-refractivity contribution in [2.75, 3.05) is 19.0 Å². The molecular formula is C22H24N4O4. The van der Waals surface area contributed by atoms with E-state index in [0.29, 0.717) is 30.8 Å². The molecule has 0 aliphatic carbocycles. The third kappa shape index (κ3) is 4.22. The highest BCUT2D eigenvalue weighted by Gasteiger charge is 2.46. The van der Waals surface area contributed by atoms with Gasteiger partial charge in [-0.2, -0.15) is 0 Å². The summed E-state index contributed by atoms with van der Waals surface area (Å²) in [6.07, 6.45) is 0.838. The number of hydrogen-bond donors (Lipinski definition) is 3. The van der Waals surface area contributed by atoms with Crippen molar-refractivity contribution < 1.29 is 19.1 Å². The van der Waals surface area contributed by atoms with E-state index in [0.717, 1.165) is 5.56 Å². The van der Waals surface area contributed by atoms with Crippen LogP contribution < -0.4 is 20.7 Å². The van der Waals surface area contributed by atoms with Gasteiger partial charge >= 0.3 is 6.03 Å². The van der Waals surface area contributed by atoms with Crippen molar-refractivity contribution in [2.24, 2.45) is 0 Å². The van der Waals surface area contributed by atoms with Crippen molar-refractivity contribution in [1.82, 2.24) is 15.5 Å². The van der Waals surface area contributed by atoms with Crippen LogP contribution in [0.3, 0.4) is 0 Å². The molecule has 2 aliphatic rings. The van der Waals surface area contributed by atoms with E-state index in [1.54, 1.807) is 36.3 Å². The molecule has 4 amide bonds. The van der Waals surface area contributed by atoms with Crippen molar-refractivity contribution >= 4 is 23.5 Å². The van der Waals surface area contributed by atoms with Crippen LogP contribution in [0.15, 0.2) is 54.6 Å². The fourth-order valence-electron chi connectivity index (χ4n) is 4.00. The lowest BCUT2D eigenvalue weighted by Gasteiger charge is -2.34. The molecule has 4 rings (SSSR count). The van der Waals surface area contributed by atoms with E-state index in [2.05, 4.69) is 16.0 Å². The number of carbonyl (C=O) groups excluding carboxylic acids is 3. The van der Waals surface area contributed by atoms with Crippen LogP contribution in [-0.2, 0) is 16.0 Å². The van der Waals surface area contributed by atoms with Gasteiger partial charge in [0.1, 0.15) is 17.8 Å². The largest absolute Gasteiger partial charge is 0.497 e. The van der Waals surface area contributed by atoms with Gasteiger partial charge in [-0.25, -0.2) is 4.79 Å². The summed E-state index contributed by atoms with van der Waals surface area (Å²) in [6, 6.07) is 14.8. The van der Waals surface area contributed by atoms with Crippen molar-refractivity contribution in [3.05, 3.63) is 60.2 Å². The molecule has 8 nitrogen and oxygen atoms in total. The molecule has 0 spiro atoms. The molecule has 2 saturated heterocycles. The van der Waals surface area contributed by atoms with Crippen LogP contribution in [0, 0.1) is 0 Å². The summed E-state index contributed by atoms with van der Waals surface area (Å²) < 4.78 is 5.15. The monoisotopic (exact) mass is 408 g/mol. The number of hydrogen-bond acceptors (Lipinski definition) is 4. The summed E-state index contributed by atoms with van der Waals surface area (Å²) in [5, 5.41) is 8.46. The second kappa shape index (κ2) is 8.44. The smallest absolute Gasteiger partial charge is 0.319 e. The average molecular weight is 408 g/mol. The molecule has 2 aliphatic heterocycles. The van der Waals surface area contributed by atoms with Gasteiger partial charge in [-0.15, -0.1) is 0 Å². The molecule has 0 bridgehead atoms. The second-order valence-corrected chi connectivity index (χ2v) is 7.52. The average Bonchev–Trinajstić information content (AvgIpc) is 3.17. The van der Waals surface area contributed by atoms with Gasteiger partial charge < -0.3 is 25.6 Å². The molecule has 3 N–H and O–H groups in total. The maximum atomic E-state index is 12.9. The van der Waals surface area contributed by atoms with Gasteiger partial charge in [-0.05, 0) is 24.1 Å². The van der Waals surface area contributed by atoms with Crippen molar-refractivity contribution in [3.63, 3.8) is 0 Å². The standard InChI is InChI=1S/C22H24N4O4/c1-30-17-9-5-8-15(11-17)23-22(29)24-16-12-19-20(27)25-18(21(28)26(19)13-16)10-14-6-3-2-4-7-14/h2-9,11,16,18-19H,10,12-13H2,1H3,(H,25,27)(H2,23,24,29)/t16-,18-,19-/m1/s1. The SMILES string of the molecule is COc1cccc(NC(=O)N[C@@H]2C[C@@H]3C(=O)N[C@H](Cc4ccccc4)C(=O)N3C2)c1. The highest BCUT2D eigenvalue weighted by molar-refractivity contribution is 5.98. The number of nitrogens with one attached hydrogen (secondary N) is 3. The number of amides is 4. The van der Waals surface area contributed by atoms with Crippen molar-refractivity contribution in [2.45, 2.75) is 31.0 Å². The predicted molar refractivity (Wildman–Crippen MR) is 111 cm³/mol. The summed E-state index contributed by atoms with van der Waals surface area (Å²) in [6.45, 7) is 0.313. The summed E-state index contributed by atoms with van der Waals surface area (Å²) in [5.74, 6) is 0.353. The van der Waals surface area contributed by atoms with E-state index in [1.807, 2.05) is 30.3 Å². The molecule has 0 radical (unpaired) electrons. The fraction of sp³-hybridized carbons (Fsp3) is 0.318. The number of benzene rings is 2. The van der Waals surface area contributed by atoms with Crippen LogP contribution in [0.1, 0.15) is 12.0 Å². The molecule has 8 heteroatoms. The first-order chi connectivity index (χ1) is 14.5. The van der Waals surface area contributed by atoms with E-state index >= 15 is 0 Å². The van der Waals surface area contributed by atoms with Gasteiger partial charge in [-0.1, -0.05) is 36.4 Å². The Labute approximate surface area is 174 Å². The van der Waals surface area contributed by atoms with Gasteiger partial charge in [0.25, 0.3) is 0 Å². The predicted octanol–water partition coefficient (Wildman–Crippen LogP) is 1.53. The number of nitrogens with zero attached hydrogens (tertiary/aromatic N) is 1. The molecule has 0 saturated carbocycles. The van der Waals surface area contributed by atoms with Crippen LogP contribution >= 0.6 is 0 Å². The summed E-state index contributed by atoms with van der Waals surface area (Å²) in [7, 11) is 1.56. The minimum Gasteiger partial charge on any atom is -0.497 e. The maximum absolute atomic E-state index is 12.9. The minimum atomic E-state index is -0.583. The molecular weight excluding hydrogens is 384 g/mol. The number of urea groups is 1.